The van der Waals surface area contributed by atoms with Gasteiger partial charge in [0, 0.05) is 6.54 Å². The standard InChI is InChI=1S/C40H41N7O3/c1-46-18-2-4-32(46)39-42-20-30(44-39)26-10-6-24(7-11-26)28-14-15-29(38-35-17-16-34(50-35)37(28)38)25-8-12-27(13-9-25)31-21-43-40(45-31)33-5-3-19-47(33)36(49)22-41-23-48/h6-15,20-21,23,32-35H,2-5,16-19,22H2,1H3,(H,41,48)(H,42,44)(H,43,45)/t32-,33-,34?,35?/m0/s1. The molecule has 0 radical (unpaired) electrons. The molecular weight excluding hydrogens is 626 g/mol. The second-order valence-corrected chi connectivity index (χ2v) is 14.1. The third-order valence-corrected chi connectivity index (χ3v) is 11.2. The number of amides is 2. The highest BCUT2D eigenvalue weighted by Crippen LogP contribution is 2.56. The van der Waals surface area contributed by atoms with Crippen LogP contribution in [-0.2, 0) is 14.3 Å². The Kier molecular flexibility index (Phi) is 7.85. The first kappa shape index (κ1) is 31.0. The SMILES string of the molecule is CN1CCC[C@H]1c1ncc(-c2ccc(-c3ccc(-c4ccc(-c5cnc([C@@H]6CCCN6C(=O)CNC=O)[nH]5)cc4)c4c3C3CCC4O3)cc2)[nH]1. The lowest BCUT2D eigenvalue weighted by Crippen LogP contribution is -2.37. The summed E-state index contributed by atoms with van der Waals surface area (Å²) >= 11 is 0. The number of H-pyrrole nitrogens is 2. The number of fused-ring (bicyclic) bond motifs is 5. The van der Waals surface area contributed by atoms with Crippen LogP contribution in [0.1, 0.15) is 85.6 Å². The summed E-state index contributed by atoms with van der Waals surface area (Å²) in [5.41, 5.74) is 11.7. The Labute approximate surface area is 291 Å². The van der Waals surface area contributed by atoms with E-state index in [2.05, 4.69) is 92.9 Å². The minimum absolute atomic E-state index is 0.00392. The average molecular weight is 668 g/mol. The van der Waals surface area contributed by atoms with Gasteiger partial charge in [0.2, 0.25) is 12.3 Å². The molecule has 50 heavy (non-hydrogen) atoms. The van der Waals surface area contributed by atoms with Crippen molar-refractivity contribution in [3.05, 3.63) is 95.8 Å². The number of hydrogen-bond donors (Lipinski definition) is 3. The quantitative estimate of drug-likeness (QED) is 0.148. The van der Waals surface area contributed by atoms with E-state index in [0.717, 1.165) is 72.8 Å². The molecule has 0 spiro atoms. The molecule has 3 aromatic carbocycles. The van der Waals surface area contributed by atoms with Gasteiger partial charge in [-0.3, -0.25) is 14.5 Å². The summed E-state index contributed by atoms with van der Waals surface area (Å²) in [5.74, 6) is 1.75. The van der Waals surface area contributed by atoms with E-state index in [1.165, 1.54) is 39.8 Å². The Morgan fingerprint density at radius 1 is 0.760 bits per heavy atom. The molecule has 4 atom stereocenters. The number of imidazole rings is 2. The summed E-state index contributed by atoms with van der Waals surface area (Å²) < 4.78 is 6.53. The van der Waals surface area contributed by atoms with Gasteiger partial charge in [-0.15, -0.1) is 0 Å². The molecule has 254 valence electrons. The molecule has 10 nitrogen and oxygen atoms in total. The van der Waals surface area contributed by atoms with Gasteiger partial charge >= 0.3 is 0 Å². The second-order valence-electron chi connectivity index (χ2n) is 14.1. The van der Waals surface area contributed by atoms with E-state index in [1.54, 1.807) is 4.90 Å². The van der Waals surface area contributed by atoms with Crippen LogP contribution in [0.2, 0.25) is 0 Å². The lowest BCUT2D eigenvalue weighted by atomic mass is 9.81. The van der Waals surface area contributed by atoms with Crippen molar-refractivity contribution in [1.82, 2.24) is 35.1 Å². The molecule has 4 aliphatic rings. The van der Waals surface area contributed by atoms with Crippen molar-refractivity contribution in [3.63, 3.8) is 0 Å². The molecule has 5 aromatic rings. The van der Waals surface area contributed by atoms with E-state index in [9.17, 15) is 9.59 Å². The van der Waals surface area contributed by atoms with Crippen LogP contribution < -0.4 is 5.32 Å². The fraction of sp³-hybridized carbons (Fsp3) is 0.350. The molecule has 2 bridgehead atoms. The van der Waals surface area contributed by atoms with Crippen LogP contribution >= 0.6 is 0 Å². The minimum Gasteiger partial charge on any atom is -0.366 e. The van der Waals surface area contributed by atoms with Crippen molar-refractivity contribution in [2.75, 3.05) is 26.7 Å². The zero-order chi connectivity index (χ0) is 33.8. The predicted octanol–water partition coefficient (Wildman–Crippen LogP) is 6.88. The topological polar surface area (TPSA) is 119 Å². The highest BCUT2D eigenvalue weighted by molar-refractivity contribution is 5.82. The first-order chi connectivity index (χ1) is 24.6. The van der Waals surface area contributed by atoms with Gasteiger partial charge in [-0.1, -0.05) is 60.7 Å². The van der Waals surface area contributed by atoms with E-state index < -0.39 is 0 Å². The maximum Gasteiger partial charge on any atom is 0.242 e. The van der Waals surface area contributed by atoms with Crippen LogP contribution in [0.5, 0.6) is 0 Å². The normalized spacial score (nSPS) is 22.7. The molecule has 10 heteroatoms. The summed E-state index contributed by atoms with van der Waals surface area (Å²) in [5, 5.41) is 2.48. The molecule has 2 aromatic heterocycles. The number of nitrogens with one attached hydrogen (secondary N) is 3. The smallest absolute Gasteiger partial charge is 0.242 e. The molecule has 6 heterocycles. The maximum atomic E-state index is 12.6. The Balaban J connectivity index is 0.961. The summed E-state index contributed by atoms with van der Waals surface area (Å²) in [6.07, 6.45) is 10.8. The van der Waals surface area contributed by atoms with Crippen molar-refractivity contribution in [3.8, 4) is 44.8 Å². The van der Waals surface area contributed by atoms with E-state index >= 15 is 0 Å². The average Bonchev–Trinajstić information content (AvgIpc) is 4.01. The van der Waals surface area contributed by atoms with Gasteiger partial charge in [-0.2, -0.15) is 0 Å². The third-order valence-electron chi connectivity index (χ3n) is 11.2. The van der Waals surface area contributed by atoms with Gasteiger partial charge in [0.05, 0.1) is 54.6 Å². The van der Waals surface area contributed by atoms with E-state index in [0.29, 0.717) is 19.0 Å². The number of carbonyl (C=O) groups is 2. The van der Waals surface area contributed by atoms with Gasteiger partial charge in [0.25, 0.3) is 0 Å². The van der Waals surface area contributed by atoms with Gasteiger partial charge < -0.3 is 24.9 Å². The van der Waals surface area contributed by atoms with Gasteiger partial charge in [-0.25, -0.2) is 9.97 Å². The Bertz CT molecular complexity index is 2050. The fourth-order valence-corrected chi connectivity index (χ4v) is 8.70. The molecule has 4 aliphatic heterocycles. The van der Waals surface area contributed by atoms with Crippen LogP contribution in [0.25, 0.3) is 44.8 Å². The molecule has 3 fully saturated rings. The number of ether oxygens (including phenoxy) is 1. The number of benzene rings is 3. The van der Waals surface area contributed by atoms with Crippen LogP contribution in [0, 0.1) is 0 Å². The number of likely N-dealkylation sites (tertiary alicyclic amines) is 2. The van der Waals surface area contributed by atoms with Crippen molar-refractivity contribution in [2.24, 2.45) is 0 Å². The zero-order valence-electron chi connectivity index (χ0n) is 28.2. The lowest BCUT2D eigenvalue weighted by molar-refractivity contribution is -0.132. The molecule has 2 amide bonds. The number of nitrogens with zero attached hydrogens (tertiary/aromatic N) is 4. The van der Waals surface area contributed by atoms with Crippen molar-refractivity contribution >= 4 is 12.3 Å². The summed E-state index contributed by atoms with van der Waals surface area (Å²) in [6, 6.07) is 22.3. The summed E-state index contributed by atoms with van der Waals surface area (Å²) in [7, 11) is 2.18. The van der Waals surface area contributed by atoms with Crippen molar-refractivity contribution < 1.29 is 14.3 Å². The molecule has 3 saturated heterocycles. The van der Waals surface area contributed by atoms with Crippen LogP contribution in [0.4, 0.5) is 0 Å². The van der Waals surface area contributed by atoms with Crippen LogP contribution in [0.3, 0.4) is 0 Å². The largest absolute Gasteiger partial charge is 0.366 e. The van der Waals surface area contributed by atoms with E-state index in [1.807, 2.05) is 12.4 Å². The zero-order valence-corrected chi connectivity index (χ0v) is 28.2. The van der Waals surface area contributed by atoms with Crippen LogP contribution in [0.15, 0.2) is 73.1 Å². The maximum absolute atomic E-state index is 12.6. The second kappa shape index (κ2) is 12.7. The van der Waals surface area contributed by atoms with E-state index in [-0.39, 0.29) is 30.7 Å². The monoisotopic (exact) mass is 667 g/mol. The molecule has 9 rings (SSSR count). The Morgan fingerprint density at radius 3 is 1.82 bits per heavy atom. The molecule has 0 saturated carbocycles. The van der Waals surface area contributed by atoms with Crippen molar-refractivity contribution in [1.29, 1.82) is 0 Å². The van der Waals surface area contributed by atoms with Gasteiger partial charge in [0.15, 0.2) is 0 Å². The summed E-state index contributed by atoms with van der Waals surface area (Å²) in [6.45, 7) is 1.79. The number of carbonyl (C=O) groups excluding carboxylic acids is 2. The Morgan fingerprint density at radius 2 is 1.28 bits per heavy atom. The minimum atomic E-state index is -0.112. The molecular formula is C40H41N7O3. The summed E-state index contributed by atoms with van der Waals surface area (Å²) in [4.78, 5) is 44.0. The number of rotatable bonds is 9. The molecule has 0 aliphatic carbocycles. The van der Waals surface area contributed by atoms with E-state index in [4.69, 9.17) is 9.72 Å². The fourth-order valence-electron chi connectivity index (χ4n) is 8.70. The highest BCUT2D eigenvalue weighted by atomic mass is 16.5. The molecule has 3 N–H and O–H groups in total. The predicted molar refractivity (Wildman–Crippen MR) is 191 cm³/mol. The lowest BCUT2D eigenvalue weighted by Gasteiger charge is -2.23. The first-order valence-corrected chi connectivity index (χ1v) is 17.9. The third kappa shape index (κ3) is 5.34. The number of hydrogen-bond acceptors (Lipinski definition) is 6. The number of aromatic nitrogens is 4. The molecule has 2 unspecified atom stereocenters. The van der Waals surface area contributed by atoms with Gasteiger partial charge in [-0.05, 0) is 96.6 Å². The van der Waals surface area contributed by atoms with Crippen molar-refractivity contribution in [2.45, 2.75) is 62.8 Å². The highest BCUT2D eigenvalue weighted by Gasteiger charge is 2.41. The first-order valence-electron chi connectivity index (χ1n) is 17.9. The number of aromatic amines is 2. The van der Waals surface area contributed by atoms with Crippen LogP contribution in [-0.4, -0.2) is 68.7 Å². The van der Waals surface area contributed by atoms with Gasteiger partial charge in [0.1, 0.15) is 11.6 Å². The Hall–Kier alpha value is -5.06.